The topological polar surface area (TPSA) is 73.7 Å². The van der Waals surface area contributed by atoms with E-state index in [1.54, 1.807) is 0 Å². The lowest BCUT2D eigenvalue weighted by Gasteiger charge is -2.37. The fourth-order valence-electron chi connectivity index (χ4n) is 3.17. The molecule has 7 heteroatoms. The summed E-state index contributed by atoms with van der Waals surface area (Å²) in [7, 11) is 0. The van der Waals surface area contributed by atoms with E-state index in [1.165, 1.54) is 11.3 Å². The third-order valence-corrected chi connectivity index (χ3v) is 6.22. The number of carboxylic acid groups (broad SMARTS) is 1. The third kappa shape index (κ3) is 4.79. The summed E-state index contributed by atoms with van der Waals surface area (Å²) in [6.45, 7) is 12.3. The van der Waals surface area contributed by atoms with Crippen molar-refractivity contribution in [1.82, 2.24) is 14.8 Å². The fourth-order valence-corrected chi connectivity index (χ4v) is 4.26. The molecule has 1 aromatic heterocycles. The van der Waals surface area contributed by atoms with Gasteiger partial charge in [0.1, 0.15) is 4.88 Å². The van der Waals surface area contributed by atoms with Crippen molar-refractivity contribution in [2.75, 3.05) is 26.2 Å². The number of carbonyl (C=O) groups excluding carboxylic acids is 1. The molecule has 1 amide bonds. The minimum absolute atomic E-state index is 0.0561. The summed E-state index contributed by atoms with van der Waals surface area (Å²) in [6, 6.07) is 0.234. The van der Waals surface area contributed by atoms with Gasteiger partial charge in [-0.05, 0) is 26.3 Å². The minimum atomic E-state index is -0.796. The molecule has 1 N–H and O–H groups in total. The number of carboxylic acids is 1. The number of hydrogen-bond acceptors (Lipinski definition) is 5. The molecule has 0 unspecified atom stereocenters. The molecule has 1 saturated heterocycles. The van der Waals surface area contributed by atoms with Crippen molar-refractivity contribution in [3.8, 4) is 0 Å². The lowest BCUT2D eigenvalue weighted by Crippen LogP contribution is -2.48. The molecular weight excluding hydrogens is 338 g/mol. The number of aryl methyl sites for hydroxylation is 1. The highest BCUT2D eigenvalue weighted by Crippen LogP contribution is 2.30. The van der Waals surface area contributed by atoms with Gasteiger partial charge in [-0.1, -0.05) is 27.7 Å². The van der Waals surface area contributed by atoms with Crippen LogP contribution in [0.2, 0.25) is 0 Å². The van der Waals surface area contributed by atoms with Crippen molar-refractivity contribution in [3.05, 3.63) is 15.6 Å². The normalized spacial score (nSPS) is 16.5. The summed E-state index contributed by atoms with van der Waals surface area (Å²) in [5.41, 5.74) is 0.752. The van der Waals surface area contributed by atoms with Gasteiger partial charge in [-0.15, -0.1) is 11.3 Å². The highest BCUT2D eigenvalue weighted by atomic mass is 32.1. The van der Waals surface area contributed by atoms with Crippen LogP contribution in [0.4, 0.5) is 0 Å². The summed E-state index contributed by atoms with van der Waals surface area (Å²) in [4.78, 5) is 33.0. The van der Waals surface area contributed by atoms with Crippen LogP contribution in [0.25, 0.3) is 0 Å². The maximum atomic E-state index is 12.9. The number of likely N-dealkylation sites (tertiary alicyclic amines) is 1. The maximum absolute atomic E-state index is 12.9. The standard InChI is InChI=1S/C18H29N3O3S/c1-6-20(11-14(22)23)13-7-9-21(10-8-13)16(24)15-12(2)19-17(25-15)18(3,4)5/h13H,6-11H2,1-5H3,(H,22,23). The Balaban J connectivity index is 2.02. The SMILES string of the molecule is CCN(CC(=O)O)C1CCN(C(=O)c2sc(C(C)(C)C)nc2C)CC1. The predicted octanol–water partition coefficient (Wildman–Crippen LogP) is 2.76. The van der Waals surface area contributed by atoms with Crippen LogP contribution in [-0.4, -0.2) is 64.0 Å². The van der Waals surface area contributed by atoms with Gasteiger partial charge < -0.3 is 10.0 Å². The molecule has 6 nitrogen and oxygen atoms in total. The molecule has 0 radical (unpaired) electrons. The summed E-state index contributed by atoms with van der Waals surface area (Å²) in [5.74, 6) is -0.736. The number of aliphatic carboxylic acids is 1. The first-order valence-corrected chi connectivity index (χ1v) is 9.68. The molecule has 0 aliphatic carbocycles. The number of likely N-dealkylation sites (N-methyl/N-ethyl adjacent to an activating group) is 1. The van der Waals surface area contributed by atoms with Crippen molar-refractivity contribution in [2.24, 2.45) is 0 Å². The molecule has 1 fully saturated rings. The van der Waals surface area contributed by atoms with E-state index in [4.69, 9.17) is 5.11 Å². The van der Waals surface area contributed by atoms with Crippen LogP contribution in [0.3, 0.4) is 0 Å². The number of piperidine rings is 1. The zero-order valence-corrected chi connectivity index (χ0v) is 16.7. The van der Waals surface area contributed by atoms with E-state index in [-0.39, 0.29) is 23.9 Å². The number of aromatic nitrogens is 1. The Kier molecular flexibility index (Phi) is 6.21. The molecule has 2 rings (SSSR count). The average molecular weight is 368 g/mol. The highest BCUT2D eigenvalue weighted by Gasteiger charge is 2.30. The first kappa shape index (κ1) is 19.8. The molecule has 25 heavy (non-hydrogen) atoms. The Hall–Kier alpha value is -1.47. The van der Waals surface area contributed by atoms with Crippen molar-refractivity contribution >= 4 is 23.2 Å². The van der Waals surface area contributed by atoms with Crippen LogP contribution in [0.1, 0.15) is 60.9 Å². The van der Waals surface area contributed by atoms with Crippen molar-refractivity contribution < 1.29 is 14.7 Å². The van der Waals surface area contributed by atoms with E-state index in [0.717, 1.165) is 28.4 Å². The zero-order valence-electron chi connectivity index (χ0n) is 15.8. The average Bonchev–Trinajstić information content (AvgIpc) is 2.94. The predicted molar refractivity (Wildman–Crippen MR) is 99.4 cm³/mol. The van der Waals surface area contributed by atoms with Gasteiger partial charge in [-0.2, -0.15) is 0 Å². The monoisotopic (exact) mass is 367 g/mol. The zero-order chi connectivity index (χ0) is 18.8. The Morgan fingerprint density at radius 3 is 2.36 bits per heavy atom. The maximum Gasteiger partial charge on any atom is 0.317 e. The molecule has 0 bridgehead atoms. The molecule has 140 valence electrons. The van der Waals surface area contributed by atoms with Crippen molar-refractivity contribution in [3.63, 3.8) is 0 Å². The number of hydrogen-bond donors (Lipinski definition) is 1. The molecule has 1 aromatic rings. The third-order valence-electron chi connectivity index (χ3n) is 4.65. The molecule has 0 saturated carbocycles. The van der Waals surface area contributed by atoms with Gasteiger partial charge in [0.2, 0.25) is 0 Å². The minimum Gasteiger partial charge on any atom is -0.480 e. The molecule has 0 aromatic carbocycles. The highest BCUT2D eigenvalue weighted by molar-refractivity contribution is 7.14. The number of thiazole rings is 1. The Bertz CT molecular complexity index is 628. The summed E-state index contributed by atoms with van der Waals surface area (Å²) < 4.78 is 0. The van der Waals surface area contributed by atoms with Gasteiger partial charge in [0, 0.05) is 24.5 Å². The van der Waals surface area contributed by atoms with Crippen molar-refractivity contribution in [1.29, 1.82) is 0 Å². The second kappa shape index (κ2) is 7.83. The molecular formula is C18H29N3O3S. The van der Waals surface area contributed by atoms with Crippen LogP contribution in [-0.2, 0) is 10.2 Å². The van der Waals surface area contributed by atoms with E-state index < -0.39 is 5.97 Å². The van der Waals surface area contributed by atoms with Gasteiger partial charge in [-0.25, -0.2) is 4.98 Å². The Labute approximate surface area is 153 Å². The lowest BCUT2D eigenvalue weighted by molar-refractivity contribution is -0.139. The van der Waals surface area contributed by atoms with Crippen LogP contribution in [0.15, 0.2) is 0 Å². The Morgan fingerprint density at radius 2 is 1.92 bits per heavy atom. The second-order valence-corrected chi connectivity index (χ2v) is 8.66. The molecule has 1 aliphatic rings. The molecule has 0 atom stereocenters. The van der Waals surface area contributed by atoms with Crippen LogP contribution >= 0.6 is 11.3 Å². The largest absolute Gasteiger partial charge is 0.480 e. The van der Waals surface area contributed by atoms with Gasteiger partial charge >= 0.3 is 5.97 Å². The number of nitrogens with zero attached hydrogens (tertiary/aromatic N) is 3. The van der Waals surface area contributed by atoms with Gasteiger partial charge in [0.25, 0.3) is 5.91 Å². The van der Waals surface area contributed by atoms with Gasteiger partial charge in [0.05, 0.1) is 17.2 Å². The fraction of sp³-hybridized carbons (Fsp3) is 0.722. The number of amides is 1. The van der Waals surface area contributed by atoms with Crippen LogP contribution < -0.4 is 0 Å². The molecule has 0 spiro atoms. The second-order valence-electron chi connectivity index (χ2n) is 7.66. The summed E-state index contributed by atoms with van der Waals surface area (Å²) >= 11 is 1.50. The number of rotatable bonds is 5. The summed E-state index contributed by atoms with van der Waals surface area (Å²) in [6.07, 6.45) is 1.63. The lowest BCUT2D eigenvalue weighted by atomic mass is 9.98. The summed E-state index contributed by atoms with van der Waals surface area (Å²) in [5, 5.41) is 10.0. The van der Waals surface area contributed by atoms with E-state index in [0.29, 0.717) is 19.6 Å². The smallest absolute Gasteiger partial charge is 0.317 e. The van der Waals surface area contributed by atoms with E-state index in [2.05, 4.69) is 25.8 Å². The molecule has 2 heterocycles. The number of carbonyl (C=O) groups is 2. The van der Waals surface area contributed by atoms with E-state index >= 15 is 0 Å². The van der Waals surface area contributed by atoms with Crippen LogP contribution in [0, 0.1) is 6.92 Å². The van der Waals surface area contributed by atoms with E-state index in [9.17, 15) is 9.59 Å². The Morgan fingerprint density at radius 1 is 1.32 bits per heavy atom. The van der Waals surface area contributed by atoms with Crippen molar-refractivity contribution in [2.45, 2.75) is 58.9 Å². The quantitative estimate of drug-likeness (QED) is 0.866. The van der Waals surface area contributed by atoms with E-state index in [1.807, 2.05) is 23.6 Å². The van der Waals surface area contributed by atoms with Gasteiger partial charge in [0.15, 0.2) is 0 Å². The van der Waals surface area contributed by atoms with Gasteiger partial charge in [-0.3, -0.25) is 14.5 Å². The first-order chi connectivity index (χ1) is 11.6. The molecule has 1 aliphatic heterocycles. The van der Waals surface area contributed by atoms with Crippen LogP contribution in [0.5, 0.6) is 0 Å². The first-order valence-electron chi connectivity index (χ1n) is 8.86.